The molecule has 208 valence electrons. The molecule has 9 heteroatoms. The molecular formula is C30H36IN3O4S. The summed E-state index contributed by atoms with van der Waals surface area (Å²) in [5.74, 6) is -0.671. The summed E-state index contributed by atoms with van der Waals surface area (Å²) < 4.78 is 29.6. The number of halogens is 1. The Labute approximate surface area is 245 Å². The highest BCUT2D eigenvalue weighted by Gasteiger charge is 2.33. The first-order chi connectivity index (χ1) is 18.7. The summed E-state index contributed by atoms with van der Waals surface area (Å²) in [7, 11) is -4.06. The highest BCUT2D eigenvalue weighted by Crippen LogP contribution is 2.25. The number of nitrogens with one attached hydrogen (secondary N) is 1. The molecule has 1 N–H and O–H groups in total. The summed E-state index contributed by atoms with van der Waals surface area (Å²) in [5.41, 5.74) is 1.41. The third kappa shape index (κ3) is 8.28. The average Bonchev–Trinajstić information content (AvgIpc) is 2.95. The van der Waals surface area contributed by atoms with E-state index in [1.165, 1.54) is 17.0 Å². The Bertz CT molecular complexity index is 1320. The van der Waals surface area contributed by atoms with Crippen LogP contribution in [0.15, 0.2) is 89.8 Å². The van der Waals surface area contributed by atoms with E-state index in [1.54, 1.807) is 42.5 Å². The van der Waals surface area contributed by atoms with Gasteiger partial charge in [0.2, 0.25) is 11.8 Å². The minimum Gasteiger partial charge on any atom is -0.352 e. The Kier molecular flexibility index (Phi) is 11.4. The lowest BCUT2D eigenvalue weighted by molar-refractivity contribution is -0.139. The number of carbonyl (C=O) groups is 2. The predicted molar refractivity (Wildman–Crippen MR) is 164 cm³/mol. The first-order valence-electron chi connectivity index (χ1n) is 13.1. The lowest BCUT2D eigenvalue weighted by Gasteiger charge is -2.33. The van der Waals surface area contributed by atoms with Gasteiger partial charge >= 0.3 is 0 Å². The molecule has 0 radical (unpaired) electrons. The second kappa shape index (κ2) is 14.5. The lowest BCUT2D eigenvalue weighted by Crippen LogP contribution is -2.54. The molecule has 0 fully saturated rings. The molecule has 0 aliphatic carbocycles. The zero-order valence-electron chi connectivity index (χ0n) is 22.6. The summed E-state index contributed by atoms with van der Waals surface area (Å²) in [5, 5.41) is 3.00. The zero-order valence-corrected chi connectivity index (χ0v) is 25.6. The van der Waals surface area contributed by atoms with Gasteiger partial charge in [0.05, 0.1) is 10.6 Å². The zero-order chi connectivity index (χ0) is 28.4. The summed E-state index contributed by atoms with van der Waals surface area (Å²) >= 11 is 2.15. The number of hydrogen-bond donors (Lipinski definition) is 1. The highest BCUT2D eigenvalue weighted by molar-refractivity contribution is 14.1. The van der Waals surface area contributed by atoms with E-state index < -0.39 is 28.5 Å². The fourth-order valence-electron chi connectivity index (χ4n) is 4.19. The van der Waals surface area contributed by atoms with Crippen LogP contribution in [-0.4, -0.2) is 50.3 Å². The van der Waals surface area contributed by atoms with Crippen LogP contribution in [0.2, 0.25) is 0 Å². The highest BCUT2D eigenvalue weighted by atomic mass is 127. The molecule has 3 rings (SSSR count). The molecule has 0 spiro atoms. The number of anilines is 1. The van der Waals surface area contributed by atoms with Gasteiger partial charge < -0.3 is 10.2 Å². The van der Waals surface area contributed by atoms with E-state index in [2.05, 4.69) is 27.9 Å². The normalized spacial score (nSPS) is 12.8. The SMILES string of the molecule is CC[C@H](C(=O)N[C@@H](C)CC)N(CCc1ccccc1)C(=O)CN(c1ccc(I)cc1)S(=O)(=O)c1ccccc1. The number of nitrogens with zero attached hydrogens (tertiary/aromatic N) is 2. The maximum atomic E-state index is 14.0. The number of rotatable bonds is 13. The second-order valence-electron chi connectivity index (χ2n) is 9.37. The third-order valence-corrected chi connectivity index (χ3v) is 9.10. The molecule has 0 bridgehead atoms. The molecule has 0 unspecified atom stereocenters. The van der Waals surface area contributed by atoms with E-state index in [1.807, 2.05) is 51.1 Å². The Morgan fingerprint density at radius 3 is 2.03 bits per heavy atom. The summed E-state index contributed by atoms with van der Waals surface area (Å²) in [6.07, 6.45) is 1.70. The first kappa shape index (κ1) is 30.6. The molecule has 0 saturated heterocycles. The van der Waals surface area contributed by atoms with E-state index >= 15 is 0 Å². The van der Waals surface area contributed by atoms with Gasteiger partial charge in [0.25, 0.3) is 10.0 Å². The Morgan fingerprint density at radius 2 is 1.46 bits per heavy atom. The maximum absolute atomic E-state index is 14.0. The van der Waals surface area contributed by atoms with E-state index in [9.17, 15) is 18.0 Å². The van der Waals surface area contributed by atoms with Crippen LogP contribution in [0.5, 0.6) is 0 Å². The van der Waals surface area contributed by atoms with Crippen LogP contribution in [-0.2, 0) is 26.0 Å². The van der Waals surface area contributed by atoms with Crippen molar-refractivity contribution >= 4 is 50.1 Å². The van der Waals surface area contributed by atoms with Crippen molar-refractivity contribution in [3.8, 4) is 0 Å². The van der Waals surface area contributed by atoms with E-state index in [4.69, 9.17) is 0 Å². The van der Waals surface area contributed by atoms with Gasteiger partial charge in [-0.25, -0.2) is 8.42 Å². The van der Waals surface area contributed by atoms with Crippen LogP contribution in [0.1, 0.15) is 39.2 Å². The number of amides is 2. The molecule has 0 aromatic heterocycles. The Morgan fingerprint density at radius 1 is 0.872 bits per heavy atom. The maximum Gasteiger partial charge on any atom is 0.264 e. The monoisotopic (exact) mass is 661 g/mol. The van der Waals surface area contributed by atoms with Gasteiger partial charge in [-0.15, -0.1) is 0 Å². The smallest absolute Gasteiger partial charge is 0.264 e. The van der Waals surface area contributed by atoms with Crippen LogP contribution in [0.25, 0.3) is 0 Å². The van der Waals surface area contributed by atoms with Crippen LogP contribution in [0.3, 0.4) is 0 Å². The fourth-order valence-corrected chi connectivity index (χ4v) is 5.99. The number of sulfonamides is 1. The largest absolute Gasteiger partial charge is 0.352 e. The summed E-state index contributed by atoms with van der Waals surface area (Å²) in [6.45, 7) is 5.62. The Hall–Kier alpha value is -2.92. The van der Waals surface area contributed by atoms with Gasteiger partial charge in [0.1, 0.15) is 12.6 Å². The molecule has 2 atom stereocenters. The van der Waals surface area contributed by atoms with Gasteiger partial charge in [0.15, 0.2) is 0 Å². The molecule has 0 aliphatic rings. The van der Waals surface area contributed by atoms with Crippen molar-refractivity contribution in [1.82, 2.24) is 10.2 Å². The minimum absolute atomic E-state index is 0.0422. The second-order valence-corrected chi connectivity index (χ2v) is 12.5. The molecule has 0 aliphatic heterocycles. The van der Waals surface area contributed by atoms with Gasteiger partial charge in [-0.2, -0.15) is 0 Å². The van der Waals surface area contributed by atoms with Crippen LogP contribution in [0, 0.1) is 3.57 Å². The quantitative estimate of drug-likeness (QED) is 0.254. The molecule has 39 heavy (non-hydrogen) atoms. The molecular weight excluding hydrogens is 625 g/mol. The molecule has 3 aromatic rings. The molecule has 7 nitrogen and oxygen atoms in total. The van der Waals surface area contributed by atoms with Crippen molar-refractivity contribution < 1.29 is 18.0 Å². The molecule has 0 saturated carbocycles. The minimum atomic E-state index is -4.06. The van der Waals surface area contributed by atoms with Crippen molar-refractivity contribution in [1.29, 1.82) is 0 Å². The standard InChI is InChI=1S/C30H36IN3O4S/c1-4-23(3)32-30(36)28(5-2)33(21-20-24-12-8-6-9-13-24)29(35)22-34(26-18-16-25(31)17-19-26)39(37,38)27-14-10-7-11-15-27/h6-19,23,28H,4-5,20-22H2,1-3H3,(H,32,36)/t23-,28+/m0/s1. The molecule has 0 heterocycles. The van der Waals surface area contributed by atoms with Crippen molar-refractivity contribution in [2.24, 2.45) is 0 Å². The lowest BCUT2D eigenvalue weighted by atomic mass is 10.1. The van der Waals surface area contributed by atoms with Crippen molar-refractivity contribution in [2.75, 3.05) is 17.4 Å². The van der Waals surface area contributed by atoms with E-state index in [-0.39, 0.29) is 23.4 Å². The van der Waals surface area contributed by atoms with E-state index in [0.29, 0.717) is 18.5 Å². The van der Waals surface area contributed by atoms with E-state index in [0.717, 1.165) is 19.9 Å². The number of carbonyl (C=O) groups excluding carboxylic acids is 2. The summed E-state index contributed by atoms with van der Waals surface area (Å²) in [6, 6.07) is 24.0. The van der Waals surface area contributed by atoms with Crippen LogP contribution < -0.4 is 9.62 Å². The first-order valence-corrected chi connectivity index (χ1v) is 15.7. The number of hydrogen-bond acceptors (Lipinski definition) is 4. The third-order valence-electron chi connectivity index (χ3n) is 6.60. The van der Waals surface area contributed by atoms with Gasteiger partial charge in [-0.1, -0.05) is 62.4 Å². The summed E-state index contributed by atoms with van der Waals surface area (Å²) in [4.78, 5) is 28.9. The van der Waals surface area contributed by atoms with Gasteiger partial charge in [0, 0.05) is 16.2 Å². The predicted octanol–water partition coefficient (Wildman–Crippen LogP) is 5.25. The van der Waals surface area contributed by atoms with Crippen molar-refractivity contribution in [3.05, 3.63) is 94.1 Å². The van der Waals surface area contributed by atoms with Crippen molar-refractivity contribution in [3.63, 3.8) is 0 Å². The fraction of sp³-hybridized carbons (Fsp3) is 0.333. The van der Waals surface area contributed by atoms with Crippen LogP contribution in [0.4, 0.5) is 5.69 Å². The molecule has 3 aromatic carbocycles. The molecule has 2 amide bonds. The average molecular weight is 662 g/mol. The number of benzene rings is 3. The topological polar surface area (TPSA) is 86.8 Å². The van der Waals surface area contributed by atoms with Gasteiger partial charge in [-0.3, -0.25) is 13.9 Å². The van der Waals surface area contributed by atoms with Gasteiger partial charge in [-0.05, 0) is 90.7 Å². The Balaban J connectivity index is 1.99. The van der Waals surface area contributed by atoms with Crippen molar-refractivity contribution in [2.45, 2.75) is 57.0 Å². The van der Waals surface area contributed by atoms with Crippen LogP contribution >= 0.6 is 22.6 Å².